The lowest BCUT2D eigenvalue weighted by Gasteiger charge is -2.05. The summed E-state index contributed by atoms with van der Waals surface area (Å²) in [5.41, 5.74) is 8.97. The Hall–Kier alpha value is -1.60. The zero-order valence-corrected chi connectivity index (χ0v) is 45.2. The molecule has 0 aliphatic heterocycles. The highest BCUT2D eigenvalue weighted by atomic mass is 16.5. The fourth-order valence-electron chi connectivity index (χ4n) is 8.24. The predicted molar refractivity (Wildman–Crippen MR) is 292 cm³/mol. The standard InChI is InChI=1S/C32H66O.C30H50/c1-3-5-7-9-11-13-15-17-19-21-23-25-27-29-31-33-32-30-28-26-24-22-20-18-16-14-12-10-8-6-4-2;1-25(2)15-11-19-29(7)23-13-21-27(5)17-9-10-18-28(6)22-14-24-30(8)20-12-16-26(3)4/h3-32H2,1-2H3;15-18,23-24H,9-14,19-22H2,1-8H3. The molecule has 0 saturated heterocycles. The molecule has 0 atom stereocenters. The quantitative estimate of drug-likeness (QED) is 0.0437. The lowest BCUT2D eigenvalue weighted by Crippen LogP contribution is -1.97. The highest BCUT2D eigenvalue weighted by Crippen LogP contribution is 2.17. The van der Waals surface area contributed by atoms with E-state index in [9.17, 15) is 0 Å². The van der Waals surface area contributed by atoms with Crippen molar-refractivity contribution in [2.45, 2.75) is 313 Å². The summed E-state index contributed by atoms with van der Waals surface area (Å²) in [7, 11) is 0. The molecular weight excluding hydrogens is 761 g/mol. The van der Waals surface area contributed by atoms with Gasteiger partial charge in [0, 0.05) is 13.2 Å². The van der Waals surface area contributed by atoms with Crippen molar-refractivity contribution in [1.82, 2.24) is 0 Å². The summed E-state index contributed by atoms with van der Waals surface area (Å²) >= 11 is 0. The smallest absolute Gasteiger partial charge is 0.0466 e. The molecule has 0 aliphatic rings. The van der Waals surface area contributed by atoms with E-state index in [0.717, 1.165) is 13.2 Å². The minimum atomic E-state index is 0.997. The van der Waals surface area contributed by atoms with Crippen LogP contribution in [0.3, 0.4) is 0 Å². The van der Waals surface area contributed by atoms with Crippen LogP contribution in [-0.4, -0.2) is 13.2 Å². The molecule has 370 valence electrons. The molecule has 0 unspecified atom stereocenters. The Labute approximate surface area is 399 Å². The second-order valence-electron chi connectivity index (χ2n) is 20.3. The van der Waals surface area contributed by atoms with Gasteiger partial charge in [-0.15, -0.1) is 0 Å². The van der Waals surface area contributed by atoms with Gasteiger partial charge in [-0.2, -0.15) is 0 Å². The monoisotopic (exact) mass is 877 g/mol. The normalized spacial score (nSPS) is 12.4. The Morgan fingerprint density at radius 1 is 0.254 bits per heavy atom. The average Bonchev–Trinajstić information content (AvgIpc) is 3.24. The van der Waals surface area contributed by atoms with Crippen molar-refractivity contribution in [3.8, 4) is 0 Å². The minimum absolute atomic E-state index is 0.997. The van der Waals surface area contributed by atoms with Crippen LogP contribution in [-0.2, 0) is 4.74 Å². The van der Waals surface area contributed by atoms with Crippen molar-refractivity contribution in [2.24, 2.45) is 0 Å². The topological polar surface area (TPSA) is 9.23 Å². The van der Waals surface area contributed by atoms with Gasteiger partial charge in [0.1, 0.15) is 0 Å². The molecule has 0 radical (unpaired) electrons. The number of hydrogen-bond donors (Lipinski definition) is 0. The molecule has 0 rings (SSSR count). The lowest BCUT2D eigenvalue weighted by atomic mass is 10.0. The van der Waals surface area contributed by atoms with Crippen LogP contribution in [0.4, 0.5) is 0 Å². The van der Waals surface area contributed by atoms with Crippen LogP contribution in [0.15, 0.2) is 69.9 Å². The number of ether oxygens (including phenoxy) is 1. The first kappa shape index (κ1) is 63.5. The number of allylic oxidation sites excluding steroid dienone is 12. The van der Waals surface area contributed by atoms with Gasteiger partial charge in [-0.3, -0.25) is 0 Å². The summed E-state index contributed by atoms with van der Waals surface area (Å²) in [6.45, 7) is 24.4. The Kier molecular flexibility index (Phi) is 53.4. The second kappa shape index (κ2) is 53.0. The Bertz CT molecular complexity index is 1030. The molecule has 0 aromatic heterocycles. The van der Waals surface area contributed by atoms with E-state index in [1.165, 1.54) is 277 Å². The maximum absolute atomic E-state index is 5.85. The van der Waals surface area contributed by atoms with Gasteiger partial charge in [0.05, 0.1) is 0 Å². The van der Waals surface area contributed by atoms with E-state index in [0.29, 0.717) is 0 Å². The zero-order valence-electron chi connectivity index (χ0n) is 45.2. The van der Waals surface area contributed by atoms with E-state index < -0.39 is 0 Å². The number of unbranched alkanes of at least 4 members (excludes halogenated alkanes) is 27. The molecule has 0 amide bonds. The Morgan fingerprint density at radius 3 is 0.698 bits per heavy atom. The highest BCUT2D eigenvalue weighted by Gasteiger charge is 1.98. The summed E-state index contributed by atoms with van der Waals surface area (Å²) in [5.74, 6) is 0. The van der Waals surface area contributed by atoms with Gasteiger partial charge >= 0.3 is 0 Å². The van der Waals surface area contributed by atoms with E-state index in [-0.39, 0.29) is 0 Å². The molecule has 1 heteroatoms. The predicted octanol–water partition coefficient (Wildman–Crippen LogP) is 22.6. The van der Waals surface area contributed by atoms with Crippen molar-refractivity contribution < 1.29 is 4.74 Å². The third-order valence-corrected chi connectivity index (χ3v) is 12.7. The van der Waals surface area contributed by atoms with Crippen LogP contribution in [0.5, 0.6) is 0 Å². The number of hydrogen-bond acceptors (Lipinski definition) is 1. The summed E-state index contributed by atoms with van der Waals surface area (Å²) in [6, 6.07) is 0. The Balaban J connectivity index is 0. The minimum Gasteiger partial charge on any atom is -0.381 e. The molecule has 0 aromatic rings. The van der Waals surface area contributed by atoms with Gasteiger partial charge in [0.25, 0.3) is 0 Å². The summed E-state index contributed by atoms with van der Waals surface area (Å²) < 4.78 is 5.85. The van der Waals surface area contributed by atoms with Crippen LogP contribution in [0.25, 0.3) is 0 Å². The Morgan fingerprint density at radius 2 is 0.460 bits per heavy atom. The number of rotatable bonds is 45. The van der Waals surface area contributed by atoms with Gasteiger partial charge in [0.15, 0.2) is 0 Å². The van der Waals surface area contributed by atoms with Gasteiger partial charge in [-0.1, -0.05) is 251 Å². The van der Waals surface area contributed by atoms with E-state index in [2.05, 4.69) is 106 Å². The van der Waals surface area contributed by atoms with Crippen molar-refractivity contribution >= 4 is 0 Å². The van der Waals surface area contributed by atoms with E-state index in [4.69, 9.17) is 4.74 Å². The molecule has 0 heterocycles. The molecule has 0 N–H and O–H groups in total. The van der Waals surface area contributed by atoms with Crippen LogP contribution >= 0.6 is 0 Å². The first-order valence-corrected chi connectivity index (χ1v) is 28.1. The summed E-state index contributed by atoms with van der Waals surface area (Å²) in [5, 5.41) is 0. The summed E-state index contributed by atoms with van der Waals surface area (Å²) in [6.07, 6.45) is 66.3. The van der Waals surface area contributed by atoms with E-state index >= 15 is 0 Å². The van der Waals surface area contributed by atoms with Crippen LogP contribution < -0.4 is 0 Å². The maximum Gasteiger partial charge on any atom is 0.0466 e. The fourth-order valence-corrected chi connectivity index (χ4v) is 8.24. The average molecular weight is 878 g/mol. The molecule has 0 aliphatic carbocycles. The molecule has 63 heavy (non-hydrogen) atoms. The van der Waals surface area contributed by atoms with Crippen molar-refractivity contribution in [1.29, 1.82) is 0 Å². The van der Waals surface area contributed by atoms with E-state index in [1.807, 2.05) is 0 Å². The van der Waals surface area contributed by atoms with Crippen LogP contribution in [0, 0.1) is 0 Å². The molecule has 0 fully saturated rings. The first-order chi connectivity index (χ1) is 30.6. The van der Waals surface area contributed by atoms with Gasteiger partial charge in [-0.05, 0) is 132 Å². The highest BCUT2D eigenvalue weighted by molar-refractivity contribution is 5.08. The molecular formula is C62H116O. The SMILES string of the molecule is CC(C)=CCCC(C)=CCCC(C)=CCCC=C(C)CCC=C(C)CCC=C(C)C.CCCCCCCCCCCCCCCCOCCCCCCCCCCCCCCCC. The van der Waals surface area contributed by atoms with Crippen LogP contribution in [0.2, 0.25) is 0 Å². The molecule has 0 aromatic carbocycles. The summed E-state index contributed by atoms with van der Waals surface area (Å²) in [4.78, 5) is 0. The van der Waals surface area contributed by atoms with Gasteiger partial charge in [0.2, 0.25) is 0 Å². The largest absolute Gasteiger partial charge is 0.381 e. The molecule has 0 bridgehead atoms. The van der Waals surface area contributed by atoms with E-state index in [1.54, 1.807) is 0 Å². The molecule has 0 spiro atoms. The van der Waals surface area contributed by atoms with Crippen LogP contribution in [0.1, 0.15) is 313 Å². The third-order valence-electron chi connectivity index (χ3n) is 12.7. The lowest BCUT2D eigenvalue weighted by molar-refractivity contribution is 0.125. The van der Waals surface area contributed by atoms with Gasteiger partial charge < -0.3 is 4.74 Å². The fraction of sp³-hybridized carbons (Fsp3) is 0.806. The van der Waals surface area contributed by atoms with Crippen molar-refractivity contribution in [2.75, 3.05) is 13.2 Å². The second-order valence-corrected chi connectivity index (χ2v) is 20.3. The molecule has 0 saturated carbocycles. The third kappa shape index (κ3) is 58.4. The first-order valence-electron chi connectivity index (χ1n) is 28.1. The van der Waals surface area contributed by atoms with Crippen molar-refractivity contribution in [3.63, 3.8) is 0 Å². The van der Waals surface area contributed by atoms with Gasteiger partial charge in [-0.25, -0.2) is 0 Å². The maximum atomic E-state index is 5.85. The zero-order chi connectivity index (χ0) is 46.7. The van der Waals surface area contributed by atoms with Crippen molar-refractivity contribution in [3.05, 3.63) is 69.9 Å². The molecule has 1 nitrogen and oxygen atoms in total.